The third-order valence-corrected chi connectivity index (χ3v) is 5.41. The quantitative estimate of drug-likeness (QED) is 0.438. The van der Waals surface area contributed by atoms with Crippen molar-refractivity contribution in [2.45, 2.75) is 0 Å². The second-order valence-corrected chi connectivity index (χ2v) is 7.38. The number of nitrogens with zero attached hydrogens (tertiary/aromatic N) is 3. The Kier molecular flexibility index (Phi) is 6.13. The van der Waals surface area contributed by atoms with Gasteiger partial charge in [-0.15, -0.1) is 11.3 Å². The summed E-state index contributed by atoms with van der Waals surface area (Å²) < 4.78 is 12.1. The maximum Gasteiger partial charge on any atom is 0.289 e. The molecular weight excluding hydrogens is 430 g/mol. The van der Waals surface area contributed by atoms with E-state index >= 15 is 0 Å². The maximum atomic E-state index is 12.4. The number of thiazole rings is 1. The number of benzene rings is 2. The van der Waals surface area contributed by atoms with Gasteiger partial charge in [-0.1, -0.05) is 18.2 Å². The molecule has 4 aromatic rings. The maximum absolute atomic E-state index is 12.4. The smallest absolute Gasteiger partial charge is 0.289 e. The van der Waals surface area contributed by atoms with Crippen molar-refractivity contribution in [1.29, 1.82) is 0 Å². The molecule has 0 saturated heterocycles. The van der Waals surface area contributed by atoms with Crippen LogP contribution in [0.4, 0.5) is 0 Å². The first-order chi connectivity index (χ1) is 15.6. The van der Waals surface area contributed by atoms with Crippen LogP contribution in [0.5, 0.6) is 11.5 Å². The largest absolute Gasteiger partial charge is 0.493 e. The predicted octanol–water partition coefficient (Wildman–Crippen LogP) is 3.09. The van der Waals surface area contributed by atoms with Gasteiger partial charge in [0.15, 0.2) is 11.5 Å². The molecule has 0 saturated carbocycles. The molecule has 2 amide bonds. The van der Waals surface area contributed by atoms with Crippen LogP contribution in [-0.4, -0.2) is 40.8 Å². The van der Waals surface area contributed by atoms with Crippen molar-refractivity contribution in [3.8, 4) is 27.8 Å². The van der Waals surface area contributed by atoms with Gasteiger partial charge >= 0.3 is 0 Å². The molecule has 2 aromatic carbocycles. The number of hydrogen-bond acceptors (Lipinski definition) is 7. The Morgan fingerprint density at radius 1 is 0.969 bits per heavy atom. The number of hydrazine groups is 1. The van der Waals surface area contributed by atoms with Gasteiger partial charge in [-0.3, -0.25) is 20.4 Å². The van der Waals surface area contributed by atoms with E-state index in [9.17, 15) is 9.59 Å². The zero-order valence-corrected chi connectivity index (χ0v) is 18.1. The zero-order valence-electron chi connectivity index (χ0n) is 17.2. The number of ether oxygens (including phenoxy) is 2. The lowest BCUT2D eigenvalue weighted by Crippen LogP contribution is -2.41. The monoisotopic (exact) mass is 449 g/mol. The molecule has 2 N–H and O–H groups in total. The molecule has 0 spiro atoms. The fourth-order valence-corrected chi connectivity index (χ4v) is 3.67. The van der Waals surface area contributed by atoms with Crippen molar-refractivity contribution in [1.82, 2.24) is 25.6 Å². The van der Waals surface area contributed by atoms with Gasteiger partial charge in [-0.2, -0.15) is 5.10 Å². The van der Waals surface area contributed by atoms with Crippen molar-refractivity contribution < 1.29 is 19.1 Å². The average Bonchev–Trinajstić information content (AvgIpc) is 3.52. The lowest BCUT2D eigenvalue weighted by molar-refractivity contribution is 0.0844. The van der Waals surface area contributed by atoms with E-state index in [1.54, 1.807) is 28.4 Å². The molecule has 0 radical (unpaired) electrons. The Bertz CT molecular complexity index is 1250. The normalized spacial score (nSPS) is 10.4. The van der Waals surface area contributed by atoms with Crippen molar-refractivity contribution in [3.05, 3.63) is 77.6 Å². The Labute approximate surface area is 187 Å². The van der Waals surface area contributed by atoms with E-state index in [1.807, 2.05) is 36.5 Å². The number of aromatic nitrogens is 3. The molecule has 0 aliphatic rings. The minimum atomic E-state index is -0.531. The molecule has 2 heterocycles. The number of para-hydroxylation sites is 1. The van der Waals surface area contributed by atoms with Gasteiger partial charge in [0.05, 0.1) is 26.1 Å². The van der Waals surface area contributed by atoms with Gasteiger partial charge in [0.2, 0.25) is 0 Å². The molecule has 0 aliphatic carbocycles. The number of rotatable bonds is 6. The van der Waals surface area contributed by atoms with E-state index < -0.39 is 11.8 Å². The first kappa shape index (κ1) is 21.1. The van der Waals surface area contributed by atoms with Crippen LogP contribution >= 0.6 is 11.3 Å². The Hall–Kier alpha value is -4.18. The minimum Gasteiger partial charge on any atom is -0.493 e. The summed E-state index contributed by atoms with van der Waals surface area (Å²) in [6.45, 7) is 0. The van der Waals surface area contributed by atoms with E-state index in [-0.39, 0.29) is 5.69 Å². The summed E-state index contributed by atoms with van der Waals surface area (Å²) in [4.78, 5) is 29.1. The van der Waals surface area contributed by atoms with Gasteiger partial charge in [-0.05, 0) is 30.3 Å². The predicted molar refractivity (Wildman–Crippen MR) is 119 cm³/mol. The minimum absolute atomic E-state index is 0.185. The molecule has 4 rings (SSSR count). The lowest BCUT2D eigenvalue weighted by atomic mass is 10.2. The fraction of sp³-hybridized carbons (Fsp3) is 0.0909. The first-order valence-corrected chi connectivity index (χ1v) is 10.4. The fourth-order valence-electron chi connectivity index (χ4n) is 2.89. The average molecular weight is 449 g/mol. The highest BCUT2D eigenvalue weighted by molar-refractivity contribution is 7.13. The van der Waals surface area contributed by atoms with Gasteiger partial charge < -0.3 is 9.47 Å². The Morgan fingerprint density at radius 2 is 1.72 bits per heavy atom. The molecular formula is C22H19N5O4S. The summed E-state index contributed by atoms with van der Waals surface area (Å²) in [5.74, 6) is -0.124. The summed E-state index contributed by atoms with van der Waals surface area (Å²) in [7, 11) is 2.98. The molecule has 2 aromatic heterocycles. The SMILES string of the molecule is COc1ccc(C(=O)NNC(=O)c2csc(-c3cnn(-c4ccccc4)c3)n2)cc1OC. The van der Waals surface area contributed by atoms with Crippen molar-refractivity contribution in [2.75, 3.05) is 14.2 Å². The Balaban J connectivity index is 1.40. The van der Waals surface area contributed by atoms with Gasteiger partial charge in [0.1, 0.15) is 10.7 Å². The summed E-state index contributed by atoms with van der Waals surface area (Å²) in [6, 6.07) is 14.4. The second-order valence-electron chi connectivity index (χ2n) is 6.53. The summed E-state index contributed by atoms with van der Waals surface area (Å²) in [5.41, 5.74) is 6.94. The van der Waals surface area contributed by atoms with E-state index in [0.29, 0.717) is 22.1 Å². The van der Waals surface area contributed by atoms with Crippen LogP contribution in [0, 0.1) is 0 Å². The topological polar surface area (TPSA) is 107 Å². The van der Waals surface area contributed by atoms with Crippen LogP contribution in [0.15, 0.2) is 66.3 Å². The Morgan fingerprint density at radius 3 is 2.47 bits per heavy atom. The van der Waals surface area contributed by atoms with E-state index in [2.05, 4.69) is 20.9 Å². The number of carbonyl (C=O) groups excluding carboxylic acids is 2. The van der Waals surface area contributed by atoms with E-state index in [0.717, 1.165) is 11.3 Å². The number of methoxy groups -OCH3 is 2. The van der Waals surface area contributed by atoms with Gasteiger partial charge in [0.25, 0.3) is 11.8 Å². The van der Waals surface area contributed by atoms with E-state index in [1.165, 1.54) is 31.6 Å². The van der Waals surface area contributed by atoms with Crippen molar-refractivity contribution >= 4 is 23.2 Å². The van der Waals surface area contributed by atoms with E-state index in [4.69, 9.17) is 9.47 Å². The van der Waals surface area contributed by atoms with Crippen molar-refractivity contribution in [3.63, 3.8) is 0 Å². The first-order valence-electron chi connectivity index (χ1n) is 9.47. The summed E-state index contributed by atoms with van der Waals surface area (Å²) >= 11 is 1.31. The zero-order chi connectivity index (χ0) is 22.5. The van der Waals surface area contributed by atoms with Crippen LogP contribution in [0.25, 0.3) is 16.3 Å². The molecule has 0 unspecified atom stereocenters. The standard InChI is InChI=1S/C22H19N5O4S/c1-30-18-9-8-14(10-19(18)31-2)20(28)25-26-21(29)17-13-32-22(24-17)15-11-23-27(12-15)16-6-4-3-5-7-16/h3-13H,1-2H3,(H,25,28)(H,26,29). The third-order valence-electron chi connectivity index (χ3n) is 4.52. The number of nitrogens with one attached hydrogen (secondary N) is 2. The second kappa shape index (κ2) is 9.31. The highest BCUT2D eigenvalue weighted by Crippen LogP contribution is 2.27. The highest BCUT2D eigenvalue weighted by Gasteiger charge is 2.16. The van der Waals surface area contributed by atoms with Gasteiger partial charge in [-0.25, -0.2) is 9.67 Å². The van der Waals surface area contributed by atoms with Crippen LogP contribution < -0.4 is 20.3 Å². The van der Waals surface area contributed by atoms with Crippen LogP contribution in [0.3, 0.4) is 0 Å². The lowest BCUT2D eigenvalue weighted by Gasteiger charge is -2.10. The molecule has 0 aliphatic heterocycles. The molecule has 162 valence electrons. The number of amides is 2. The van der Waals surface area contributed by atoms with Crippen LogP contribution in [0.1, 0.15) is 20.8 Å². The molecule has 0 atom stereocenters. The van der Waals surface area contributed by atoms with Crippen molar-refractivity contribution in [2.24, 2.45) is 0 Å². The molecule has 9 nitrogen and oxygen atoms in total. The molecule has 32 heavy (non-hydrogen) atoms. The summed E-state index contributed by atoms with van der Waals surface area (Å²) in [6.07, 6.45) is 3.53. The van der Waals surface area contributed by atoms with Gasteiger partial charge in [0, 0.05) is 22.7 Å². The number of hydrogen-bond donors (Lipinski definition) is 2. The molecule has 0 bridgehead atoms. The highest BCUT2D eigenvalue weighted by atomic mass is 32.1. The number of carbonyl (C=O) groups is 2. The third kappa shape index (κ3) is 4.44. The molecule has 10 heteroatoms. The molecule has 0 fully saturated rings. The summed E-state index contributed by atoms with van der Waals surface area (Å²) in [5, 5.41) is 6.60. The van der Waals surface area contributed by atoms with Crippen LogP contribution in [0.2, 0.25) is 0 Å². The van der Waals surface area contributed by atoms with Crippen LogP contribution in [-0.2, 0) is 0 Å².